The van der Waals surface area contributed by atoms with Gasteiger partial charge >= 0.3 is 0 Å². The Labute approximate surface area is 458 Å². The highest BCUT2D eigenvalue weighted by Gasteiger charge is 2.38. The van der Waals surface area contributed by atoms with Crippen molar-refractivity contribution < 1.29 is 73.5 Å². The summed E-state index contributed by atoms with van der Waals surface area (Å²) in [5.41, 5.74) is 23.5. The molecule has 0 saturated heterocycles. The molecule has 0 unspecified atom stereocenters. The van der Waals surface area contributed by atoms with Gasteiger partial charge in [-0.15, -0.1) is 0 Å². The Morgan fingerprint density at radius 1 is 0.481 bits per heavy atom. The van der Waals surface area contributed by atoms with E-state index >= 15 is 0 Å². The Bertz CT molecular complexity index is 2370. The summed E-state index contributed by atoms with van der Waals surface area (Å²) in [6.45, 7) is 10.6. The number of unbranched alkanes of at least 4 members (excludes halogenated alkanes) is 1. The van der Waals surface area contributed by atoms with Gasteiger partial charge in [0, 0.05) is 12.8 Å². The summed E-state index contributed by atoms with van der Waals surface area (Å²) in [7, 11) is 0. The van der Waals surface area contributed by atoms with Crippen molar-refractivity contribution in [2.75, 3.05) is 6.54 Å². The van der Waals surface area contributed by atoms with Crippen molar-refractivity contribution in [1.82, 2.24) is 42.5 Å². The molecule has 27 nitrogen and oxygen atoms in total. The van der Waals surface area contributed by atoms with Gasteiger partial charge in [-0.1, -0.05) is 58.4 Å². The molecule has 2 rings (SSSR count). The number of carbonyl (C=O) groups excluding carboxylic acids is 10. The molecule has 10 amide bonds. The van der Waals surface area contributed by atoms with Crippen LogP contribution in [0.15, 0.2) is 48.5 Å². The first-order valence-corrected chi connectivity index (χ1v) is 26.1. The van der Waals surface area contributed by atoms with Crippen molar-refractivity contribution in [1.29, 1.82) is 0 Å². The average Bonchev–Trinajstić information content (AvgIpc) is 3.37. The SMILES string of the molecule is CC[C@H](C)[C@H](NC(=O)[C@@H](N)[C@@H](C)O)C(=O)N[C@@H](Cc1ccc(O)cc1)C(=O)N[C@@H](CC(N)=O)C(=O)N[C@H](C(=O)N[C@H](C(=O)N[C@@H](CC(C)C)C(=O)N[C@@H](CCCCN)C(=O)N[C@@H](Cc1ccc(O)cc1)C(N)=O)[C@@H](C)O)[C@@H](C)O. The van der Waals surface area contributed by atoms with Crippen molar-refractivity contribution in [2.24, 2.45) is 34.8 Å². The zero-order valence-electron chi connectivity index (χ0n) is 45.7. The van der Waals surface area contributed by atoms with Crippen molar-refractivity contribution in [3.05, 3.63) is 59.7 Å². The maximum Gasteiger partial charge on any atom is 0.245 e. The number of nitrogens with two attached hydrogens (primary N) is 4. The number of rotatable bonds is 34. The highest BCUT2D eigenvalue weighted by atomic mass is 16.3. The number of primary amides is 2. The van der Waals surface area contributed by atoms with Crippen LogP contribution >= 0.6 is 0 Å². The number of hydrogen-bond donors (Lipinski definition) is 17. The number of phenols is 2. The van der Waals surface area contributed by atoms with Gasteiger partial charge in [0.25, 0.3) is 0 Å². The Balaban J connectivity index is 2.41. The predicted octanol–water partition coefficient (Wildman–Crippen LogP) is -4.19. The van der Waals surface area contributed by atoms with Gasteiger partial charge < -0.3 is 91.0 Å². The largest absolute Gasteiger partial charge is 0.508 e. The van der Waals surface area contributed by atoms with E-state index in [1.807, 2.05) is 0 Å². The molecule has 0 aromatic heterocycles. The fourth-order valence-corrected chi connectivity index (χ4v) is 7.86. The predicted molar refractivity (Wildman–Crippen MR) is 287 cm³/mol. The first kappa shape index (κ1) is 67.6. The van der Waals surface area contributed by atoms with Crippen molar-refractivity contribution >= 4 is 59.1 Å². The number of phenolic OH excluding ortho intramolecular Hbond substituents is 2. The van der Waals surface area contributed by atoms with Crippen LogP contribution in [0.1, 0.15) is 98.1 Å². The maximum absolute atomic E-state index is 14.1. The fourth-order valence-electron chi connectivity index (χ4n) is 7.86. The first-order chi connectivity index (χ1) is 37.0. The van der Waals surface area contributed by atoms with E-state index in [-0.39, 0.29) is 49.6 Å². The molecule has 2 aromatic rings. The molecule has 21 N–H and O–H groups in total. The monoisotopic (exact) mass is 1110 g/mol. The zero-order valence-corrected chi connectivity index (χ0v) is 45.7. The summed E-state index contributed by atoms with van der Waals surface area (Å²) in [6.07, 6.45) is -4.82. The van der Waals surface area contributed by atoms with E-state index in [4.69, 9.17) is 22.9 Å². The second-order valence-corrected chi connectivity index (χ2v) is 20.1. The molecule has 0 spiro atoms. The lowest BCUT2D eigenvalue weighted by molar-refractivity contribution is -0.139. The number of aromatic hydroxyl groups is 2. The van der Waals surface area contributed by atoms with Gasteiger partial charge in [0.2, 0.25) is 59.1 Å². The average molecular weight is 1120 g/mol. The quantitative estimate of drug-likeness (QED) is 0.0296. The summed E-state index contributed by atoms with van der Waals surface area (Å²) >= 11 is 0. The van der Waals surface area contributed by atoms with E-state index in [0.29, 0.717) is 30.4 Å². The molecule has 0 fully saturated rings. The van der Waals surface area contributed by atoms with Crippen LogP contribution < -0.4 is 65.5 Å². The number of carbonyl (C=O) groups is 10. The lowest BCUT2D eigenvalue weighted by atomic mass is 9.96. The third-order valence-electron chi connectivity index (χ3n) is 12.7. The molecule has 0 aliphatic heterocycles. The molecule has 440 valence electrons. The van der Waals surface area contributed by atoms with E-state index in [1.54, 1.807) is 27.7 Å². The molecular formula is C52H82N12O15. The van der Waals surface area contributed by atoms with Gasteiger partial charge in [-0.05, 0) is 100 Å². The number of aliphatic hydroxyl groups excluding tert-OH is 3. The summed E-state index contributed by atoms with van der Waals surface area (Å²) in [4.78, 5) is 135. The Kier molecular flexibility index (Phi) is 28.3. The maximum atomic E-state index is 14.1. The van der Waals surface area contributed by atoms with Crippen LogP contribution in [0.4, 0.5) is 0 Å². The van der Waals surface area contributed by atoms with E-state index in [9.17, 15) is 73.5 Å². The molecule has 2 aromatic carbocycles. The molecule has 13 atom stereocenters. The smallest absolute Gasteiger partial charge is 0.245 e. The van der Waals surface area contributed by atoms with E-state index in [2.05, 4.69) is 42.5 Å². The lowest BCUT2D eigenvalue weighted by Gasteiger charge is -2.30. The van der Waals surface area contributed by atoms with Crippen molar-refractivity contribution in [2.45, 2.75) is 173 Å². The number of benzene rings is 2. The molecule has 27 heteroatoms. The van der Waals surface area contributed by atoms with Crippen LogP contribution in [-0.4, -0.2) is 164 Å². The Hall–Kier alpha value is -7.46. The highest BCUT2D eigenvalue weighted by molar-refractivity contribution is 5.99. The number of amides is 10. The molecule has 0 radical (unpaired) electrons. The molecule has 79 heavy (non-hydrogen) atoms. The van der Waals surface area contributed by atoms with Crippen LogP contribution in [0.5, 0.6) is 11.5 Å². The Morgan fingerprint density at radius 2 is 0.873 bits per heavy atom. The van der Waals surface area contributed by atoms with Crippen LogP contribution in [0.25, 0.3) is 0 Å². The minimum absolute atomic E-state index is 0.0264. The van der Waals surface area contributed by atoms with Gasteiger partial charge in [0.1, 0.15) is 65.9 Å². The summed E-state index contributed by atoms with van der Waals surface area (Å²) < 4.78 is 0. The molecule has 0 saturated carbocycles. The van der Waals surface area contributed by atoms with Gasteiger partial charge in [0.05, 0.1) is 24.7 Å². The summed E-state index contributed by atoms with van der Waals surface area (Å²) in [6, 6.07) is -2.57. The van der Waals surface area contributed by atoms with Gasteiger partial charge in [-0.3, -0.25) is 47.9 Å². The standard InChI is InChI=1S/C52H82N12O15/c1-8-26(4)41(62-49(76)40(55)27(5)65)50(77)61-37(23-31-14-18-33(69)19-15-31)47(74)59-38(24-39(54)70)48(75)63-43(29(7)67)52(79)64-42(28(6)66)51(78)60-36(21-25(2)3)46(73)57-34(11-9-10-20-53)45(72)58-35(44(56)71)22-30-12-16-32(68)17-13-30/h12-19,25-29,34-38,40-43,65-69H,8-11,20-24,53,55H2,1-7H3,(H2,54,70)(H2,56,71)(H,57,73)(H,58,72)(H,59,74)(H,60,78)(H,61,77)(H,62,76)(H,63,75)(H,64,79)/t26-,27+,28+,29+,34-,35-,36-,37-,38-,40-,41-,42-,43-/m0/s1. The van der Waals surface area contributed by atoms with Crippen molar-refractivity contribution in [3.8, 4) is 11.5 Å². The zero-order chi connectivity index (χ0) is 59.8. The number of hydrogen-bond acceptors (Lipinski definition) is 17. The normalized spacial score (nSPS) is 16.2. The second-order valence-electron chi connectivity index (χ2n) is 20.1. The topological polar surface area (TPSA) is 472 Å². The van der Waals surface area contributed by atoms with Crippen LogP contribution in [0.2, 0.25) is 0 Å². The van der Waals surface area contributed by atoms with Gasteiger partial charge in [-0.2, -0.15) is 0 Å². The van der Waals surface area contributed by atoms with Crippen LogP contribution in [0, 0.1) is 11.8 Å². The fraction of sp³-hybridized carbons (Fsp3) is 0.577. The highest BCUT2D eigenvalue weighted by Crippen LogP contribution is 2.16. The molecule has 0 aliphatic rings. The van der Waals surface area contributed by atoms with Gasteiger partial charge in [0.15, 0.2) is 0 Å². The van der Waals surface area contributed by atoms with E-state index in [0.717, 1.165) is 13.8 Å². The van der Waals surface area contributed by atoms with E-state index in [1.165, 1.54) is 55.5 Å². The molecular weight excluding hydrogens is 1030 g/mol. The summed E-state index contributed by atoms with van der Waals surface area (Å²) in [5.74, 6) is -11.1. The molecule has 0 bridgehead atoms. The summed E-state index contributed by atoms with van der Waals surface area (Å²) in [5, 5.41) is 70.6. The number of nitrogens with one attached hydrogen (secondary N) is 8. The third-order valence-corrected chi connectivity index (χ3v) is 12.7. The second kappa shape index (κ2) is 33.1. The van der Waals surface area contributed by atoms with Crippen LogP contribution in [-0.2, 0) is 60.8 Å². The molecule has 0 heterocycles. The van der Waals surface area contributed by atoms with Gasteiger partial charge in [-0.25, -0.2) is 0 Å². The number of aliphatic hydroxyl groups is 3. The minimum Gasteiger partial charge on any atom is -0.508 e. The first-order valence-electron chi connectivity index (χ1n) is 26.1. The van der Waals surface area contributed by atoms with Crippen molar-refractivity contribution in [3.63, 3.8) is 0 Å². The third kappa shape index (κ3) is 23.2. The van der Waals surface area contributed by atoms with E-state index < -0.39 is 144 Å². The Morgan fingerprint density at radius 3 is 1.33 bits per heavy atom. The molecule has 0 aliphatic carbocycles. The van der Waals surface area contributed by atoms with Crippen LogP contribution in [0.3, 0.4) is 0 Å². The lowest BCUT2D eigenvalue weighted by Crippen LogP contribution is -2.64. The minimum atomic E-state index is -1.96.